The number of thiazole rings is 1. The van der Waals surface area contributed by atoms with Gasteiger partial charge in [0.2, 0.25) is 0 Å². The summed E-state index contributed by atoms with van der Waals surface area (Å²) in [5, 5.41) is 10.2. The molecule has 0 aliphatic heterocycles. The van der Waals surface area contributed by atoms with Gasteiger partial charge in [-0.15, -0.1) is 11.3 Å². The minimum absolute atomic E-state index is 0.315. The summed E-state index contributed by atoms with van der Waals surface area (Å²) in [6.07, 6.45) is 0.332. The summed E-state index contributed by atoms with van der Waals surface area (Å²) >= 11 is 1.68. The first kappa shape index (κ1) is 11.4. The summed E-state index contributed by atoms with van der Waals surface area (Å²) < 4.78 is 6.72. The molecule has 0 unspecified atom stereocenters. The molecule has 1 atom stereocenters. The van der Waals surface area contributed by atoms with E-state index in [4.69, 9.17) is 9.84 Å². The number of aryl methyl sites for hydroxylation is 1. The molecule has 16 heavy (non-hydrogen) atoms. The Morgan fingerprint density at radius 3 is 3.06 bits per heavy atom. The lowest BCUT2D eigenvalue weighted by Crippen LogP contribution is -2.07. The predicted octanol–water partition coefficient (Wildman–Crippen LogP) is 2.75. The van der Waals surface area contributed by atoms with E-state index in [9.17, 15) is 0 Å². The minimum atomic E-state index is -0.315. The van der Waals surface area contributed by atoms with E-state index in [0.717, 1.165) is 16.3 Å². The van der Waals surface area contributed by atoms with Gasteiger partial charge in [0.05, 0.1) is 27.9 Å². The van der Waals surface area contributed by atoms with Gasteiger partial charge in [0.1, 0.15) is 5.75 Å². The SMILES string of the molecule is Cc1nc2cc(OCC[C@@H](C)O)ccc2s1. The number of ether oxygens (including phenoxy) is 1. The van der Waals surface area contributed by atoms with E-state index in [1.807, 2.05) is 25.1 Å². The zero-order valence-corrected chi connectivity index (χ0v) is 10.3. The molecule has 0 aliphatic rings. The Bertz CT molecular complexity index is 479. The van der Waals surface area contributed by atoms with Crippen molar-refractivity contribution in [2.75, 3.05) is 6.61 Å². The Hall–Kier alpha value is -1.13. The molecule has 1 aromatic carbocycles. The highest BCUT2D eigenvalue weighted by atomic mass is 32.1. The van der Waals surface area contributed by atoms with Gasteiger partial charge in [0, 0.05) is 12.5 Å². The number of rotatable bonds is 4. The van der Waals surface area contributed by atoms with Gasteiger partial charge in [-0.1, -0.05) is 0 Å². The van der Waals surface area contributed by atoms with Gasteiger partial charge in [-0.05, 0) is 26.0 Å². The third-order valence-electron chi connectivity index (χ3n) is 2.27. The van der Waals surface area contributed by atoms with E-state index >= 15 is 0 Å². The highest BCUT2D eigenvalue weighted by Crippen LogP contribution is 2.25. The summed E-state index contributed by atoms with van der Waals surface area (Å²) in [5.74, 6) is 0.818. The van der Waals surface area contributed by atoms with Crippen molar-refractivity contribution in [2.45, 2.75) is 26.4 Å². The molecule has 1 heterocycles. The van der Waals surface area contributed by atoms with Gasteiger partial charge in [-0.25, -0.2) is 4.98 Å². The second-order valence-corrected chi connectivity index (χ2v) is 5.08. The van der Waals surface area contributed by atoms with Crippen molar-refractivity contribution in [1.29, 1.82) is 0 Å². The van der Waals surface area contributed by atoms with Crippen LogP contribution in [0.15, 0.2) is 18.2 Å². The monoisotopic (exact) mass is 237 g/mol. The van der Waals surface area contributed by atoms with Gasteiger partial charge in [0.15, 0.2) is 0 Å². The highest BCUT2D eigenvalue weighted by Gasteiger charge is 2.03. The van der Waals surface area contributed by atoms with Crippen molar-refractivity contribution in [1.82, 2.24) is 4.98 Å². The largest absolute Gasteiger partial charge is 0.493 e. The second-order valence-electron chi connectivity index (χ2n) is 3.85. The van der Waals surface area contributed by atoms with Crippen molar-refractivity contribution in [2.24, 2.45) is 0 Å². The third-order valence-corrected chi connectivity index (χ3v) is 3.22. The molecule has 2 rings (SSSR count). The van der Waals surface area contributed by atoms with E-state index in [0.29, 0.717) is 13.0 Å². The van der Waals surface area contributed by atoms with Crippen LogP contribution in [0.25, 0.3) is 10.2 Å². The van der Waals surface area contributed by atoms with Gasteiger partial charge in [-0.3, -0.25) is 0 Å². The summed E-state index contributed by atoms with van der Waals surface area (Å²) in [7, 11) is 0. The molecule has 0 radical (unpaired) electrons. The number of aromatic nitrogens is 1. The van der Waals surface area contributed by atoms with Crippen LogP contribution in [0, 0.1) is 6.92 Å². The van der Waals surface area contributed by atoms with Crippen LogP contribution < -0.4 is 4.74 Å². The van der Waals surface area contributed by atoms with Crippen molar-refractivity contribution >= 4 is 21.6 Å². The Kier molecular flexibility index (Phi) is 3.41. The van der Waals surface area contributed by atoms with Crippen molar-refractivity contribution in [3.8, 4) is 5.75 Å². The Morgan fingerprint density at radius 2 is 2.31 bits per heavy atom. The lowest BCUT2D eigenvalue weighted by Gasteiger charge is -2.07. The molecule has 1 aromatic heterocycles. The molecule has 0 saturated heterocycles. The predicted molar refractivity (Wildman–Crippen MR) is 66.1 cm³/mol. The topological polar surface area (TPSA) is 42.4 Å². The Labute approximate surface area is 98.7 Å². The third kappa shape index (κ3) is 2.71. The van der Waals surface area contributed by atoms with Crippen LogP contribution in [0.5, 0.6) is 5.75 Å². The van der Waals surface area contributed by atoms with E-state index in [2.05, 4.69) is 4.98 Å². The maximum absolute atomic E-state index is 9.11. The summed E-state index contributed by atoms with van der Waals surface area (Å²) in [4.78, 5) is 4.41. The van der Waals surface area contributed by atoms with Gasteiger partial charge >= 0.3 is 0 Å². The van der Waals surface area contributed by atoms with E-state index < -0.39 is 0 Å². The quantitative estimate of drug-likeness (QED) is 0.889. The summed E-state index contributed by atoms with van der Waals surface area (Å²) in [6.45, 7) is 4.29. The number of fused-ring (bicyclic) bond motifs is 1. The van der Waals surface area contributed by atoms with Crippen LogP contribution in [0.1, 0.15) is 18.4 Å². The molecule has 0 spiro atoms. The number of benzene rings is 1. The smallest absolute Gasteiger partial charge is 0.121 e. The molecular weight excluding hydrogens is 222 g/mol. The molecular formula is C12H15NO2S. The maximum atomic E-state index is 9.11. The van der Waals surface area contributed by atoms with Crippen LogP contribution in [-0.2, 0) is 0 Å². The molecule has 4 heteroatoms. The molecule has 0 amide bonds. The minimum Gasteiger partial charge on any atom is -0.493 e. The van der Waals surface area contributed by atoms with Crippen molar-refractivity contribution in [3.63, 3.8) is 0 Å². The van der Waals surface area contributed by atoms with Crippen molar-refractivity contribution in [3.05, 3.63) is 23.2 Å². The standard InChI is InChI=1S/C12H15NO2S/c1-8(14)5-6-15-10-3-4-12-11(7-10)13-9(2)16-12/h3-4,7-8,14H,5-6H2,1-2H3/t8-/m1/s1. The van der Waals surface area contributed by atoms with Crippen LogP contribution in [0.3, 0.4) is 0 Å². The first-order valence-electron chi connectivity index (χ1n) is 5.33. The fourth-order valence-corrected chi connectivity index (χ4v) is 2.27. The normalized spacial score (nSPS) is 12.9. The average molecular weight is 237 g/mol. The average Bonchev–Trinajstić information content (AvgIpc) is 2.56. The molecule has 0 bridgehead atoms. The molecule has 0 fully saturated rings. The van der Waals surface area contributed by atoms with Crippen LogP contribution >= 0.6 is 11.3 Å². The van der Waals surface area contributed by atoms with Crippen molar-refractivity contribution < 1.29 is 9.84 Å². The Balaban J connectivity index is 2.07. The number of hydrogen-bond acceptors (Lipinski definition) is 4. The molecule has 1 N–H and O–H groups in total. The first-order chi connectivity index (χ1) is 7.65. The van der Waals surface area contributed by atoms with Crippen LogP contribution in [0.4, 0.5) is 0 Å². The lowest BCUT2D eigenvalue weighted by atomic mass is 10.3. The van der Waals surface area contributed by atoms with Gasteiger partial charge in [0.25, 0.3) is 0 Å². The number of aliphatic hydroxyl groups is 1. The van der Waals surface area contributed by atoms with E-state index in [1.165, 1.54) is 4.70 Å². The highest BCUT2D eigenvalue weighted by molar-refractivity contribution is 7.18. The maximum Gasteiger partial charge on any atom is 0.121 e. The lowest BCUT2D eigenvalue weighted by molar-refractivity contribution is 0.155. The van der Waals surface area contributed by atoms with Gasteiger partial charge < -0.3 is 9.84 Å². The molecule has 3 nitrogen and oxygen atoms in total. The number of aliphatic hydroxyl groups excluding tert-OH is 1. The van der Waals surface area contributed by atoms with Gasteiger partial charge in [-0.2, -0.15) is 0 Å². The summed E-state index contributed by atoms with van der Waals surface area (Å²) in [5.41, 5.74) is 0.983. The van der Waals surface area contributed by atoms with Crippen LogP contribution in [0.2, 0.25) is 0 Å². The summed E-state index contributed by atoms with van der Waals surface area (Å²) in [6, 6.07) is 5.92. The molecule has 2 aromatic rings. The Morgan fingerprint density at radius 1 is 1.50 bits per heavy atom. The zero-order chi connectivity index (χ0) is 11.5. The molecule has 0 aliphatic carbocycles. The molecule has 0 saturated carbocycles. The second kappa shape index (κ2) is 4.80. The van der Waals surface area contributed by atoms with E-state index in [1.54, 1.807) is 18.3 Å². The molecule has 86 valence electrons. The van der Waals surface area contributed by atoms with Crippen LogP contribution in [-0.4, -0.2) is 22.8 Å². The first-order valence-corrected chi connectivity index (χ1v) is 6.15. The fraction of sp³-hybridized carbons (Fsp3) is 0.417. The zero-order valence-electron chi connectivity index (χ0n) is 9.43. The fourth-order valence-electron chi connectivity index (χ4n) is 1.46. The number of nitrogens with zero attached hydrogens (tertiary/aromatic N) is 1. The number of hydrogen-bond donors (Lipinski definition) is 1. The van der Waals surface area contributed by atoms with E-state index in [-0.39, 0.29) is 6.10 Å².